The summed E-state index contributed by atoms with van der Waals surface area (Å²) in [5, 5.41) is 2.80. The summed E-state index contributed by atoms with van der Waals surface area (Å²) < 4.78 is 13.5. The van der Waals surface area contributed by atoms with Gasteiger partial charge < -0.3 is 5.32 Å². The quantitative estimate of drug-likeness (QED) is 0.662. The summed E-state index contributed by atoms with van der Waals surface area (Å²) in [6.07, 6.45) is 0. The van der Waals surface area contributed by atoms with Crippen LogP contribution in [-0.4, -0.2) is 30.0 Å². The Morgan fingerprint density at radius 3 is 2.41 bits per heavy atom. The minimum atomic E-state index is -1.33. The molecule has 6 nitrogen and oxygen atoms in total. The van der Waals surface area contributed by atoms with Crippen molar-refractivity contribution in [1.82, 2.24) is 0 Å². The zero-order valence-electron chi connectivity index (χ0n) is 16.8. The molecular weight excluding hydrogens is 429 g/mol. The fraction of sp³-hybridized carbons (Fsp3) is 0.125. The van der Waals surface area contributed by atoms with E-state index in [0.29, 0.717) is 22.6 Å². The first kappa shape index (κ1) is 20.3. The van der Waals surface area contributed by atoms with Crippen molar-refractivity contribution in [3.63, 3.8) is 0 Å². The van der Waals surface area contributed by atoms with Gasteiger partial charge in [-0.05, 0) is 42.5 Å². The second-order valence-electron chi connectivity index (χ2n) is 7.46. The normalized spacial score (nSPS) is 19.5. The van der Waals surface area contributed by atoms with E-state index in [1.807, 2.05) is 18.2 Å². The number of carbonyl (C=O) groups excluding carboxylic acids is 3. The highest BCUT2D eigenvalue weighted by Gasteiger charge is 2.61. The molecule has 0 unspecified atom stereocenters. The molecule has 2 heterocycles. The first-order valence-electron chi connectivity index (χ1n) is 9.99. The number of benzene rings is 3. The summed E-state index contributed by atoms with van der Waals surface area (Å²) in [6.45, 7) is -0.196. The zero-order chi connectivity index (χ0) is 22.3. The molecule has 0 aromatic heterocycles. The molecule has 3 aromatic rings. The van der Waals surface area contributed by atoms with Gasteiger partial charge in [-0.25, -0.2) is 4.39 Å². The van der Waals surface area contributed by atoms with Gasteiger partial charge in [0.15, 0.2) is 0 Å². The fourth-order valence-electron chi connectivity index (χ4n) is 4.17. The van der Waals surface area contributed by atoms with Crippen LogP contribution in [0.3, 0.4) is 0 Å². The van der Waals surface area contributed by atoms with Crippen molar-refractivity contribution < 1.29 is 18.8 Å². The van der Waals surface area contributed by atoms with E-state index in [9.17, 15) is 18.8 Å². The molecule has 3 amide bonds. The highest BCUT2D eigenvalue weighted by atomic mass is 32.2. The van der Waals surface area contributed by atoms with Crippen LogP contribution >= 0.6 is 11.8 Å². The van der Waals surface area contributed by atoms with Gasteiger partial charge in [0.25, 0.3) is 5.91 Å². The van der Waals surface area contributed by atoms with Crippen LogP contribution < -0.4 is 15.1 Å². The van der Waals surface area contributed by atoms with Crippen molar-refractivity contribution in [2.75, 3.05) is 27.4 Å². The molecule has 1 N–H and O–H groups in total. The van der Waals surface area contributed by atoms with E-state index in [-0.39, 0.29) is 30.0 Å². The summed E-state index contributed by atoms with van der Waals surface area (Å²) in [6, 6.07) is 21.6. The Balaban J connectivity index is 1.53. The van der Waals surface area contributed by atoms with Crippen molar-refractivity contribution in [1.29, 1.82) is 0 Å². The molecule has 3 aromatic carbocycles. The Morgan fingerprint density at radius 2 is 1.66 bits per heavy atom. The Morgan fingerprint density at radius 1 is 0.969 bits per heavy atom. The third-order valence-corrected chi connectivity index (χ3v) is 6.89. The van der Waals surface area contributed by atoms with E-state index in [1.54, 1.807) is 36.4 Å². The standard InChI is InChI=1S/C24H18FN3O3S/c25-16-10-12-18(13-11-16)28-22(30)15-32-24(28)19-8-4-5-9-20(19)27(23(24)31)14-21(29)26-17-6-2-1-3-7-17/h1-13H,14-15H2,(H,26,29)/t24-/m0/s1. The van der Waals surface area contributed by atoms with Crippen LogP contribution in [0.25, 0.3) is 0 Å². The van der Waals surface area contributed by atoms with Crippen LogP contribution in [-0.2, 0) is 19.3 Å². The number of halogens is 1. The molecule has 2 aliphatic heterocycles. The van der Waals surface area contributed by atoms with Crippen molar-refractivity contribution in [3.05, 3.63) is 90.2 Å². The van der Waals surface area contributed by atoms with Crippen LogP contribution in [0.2, 0.25) is 0 Å². The van der Waals surface area contributed by atoms with E-state index in [1.165, 1.54) is 45.8 Å². The third kappa shape index (κ3) is 3.15. The molecule has 0 radical (unpaired) electrons. The van der Waals surface area contributed by atoms with Crippen LogP contribution in [0.4, 0.5) is 21.5 Å². The number of amides is 3. The molecule has 1 atom stereocenters. The van der Waals surface area contributed by atoms with Crippen molar-refractivity contribution in [2.24, 2.45) is 0 Å². The number of nitrogens with zero attached hydrogens (tertiary/aromatic N) is 2. The smallest absolute Gasteiger partial charge is 0.269 e. The predicted octanol–water partition coefficient (Wildman–Crippen LogP) is 3.74. The number of thioether (sulfide) groups is 1. The maximum atomic E-state index is 13.8. The largest absolute Gasteiger partial charge is 0.325 e. The number of hydrogen-bond acceptors (Lipinski definition) is 4. The molecule has 2 aliphatic rings. The fourth-order valence-corrected chi connectivity index (χ4v) is 5.53. The second kappa shape index (κ2) is 7.80. The number of rotatable bonds is 4. The molecule has 0 bridgehead atoms. The minimum absolute atomic E-state index is 0.0987. The number of hydrogen-bond donors (Lipinski definition) is 1. The lowest BCUT2D eigenvalue weighted by Gasteiger charge is -2.33. The Hall–Kier alpha value is -3.65. The highest BCUT2D eigenvalue weighted by Crippen LogP contribution is 2.55. The number of fused-ring (bicyclic) bond motifs is 2. The molecule has 32 heavy (non-hydrogen) atoms. The van der Waals surface area contributed by atoms with Crippen LogP contribution in [0.15, 0.2) is 78.9 Å². The maximum Gasteiger partial charge on any atom is 0.269 e. The van der Waals surface area contributed by atoms with E-state index in [4.69, 9.17) is 0 Å². The maximum absolute atomic E-state index is 13.8. The van der Waals surface area contributed by atoms with Gasteiger partial charge in [-0.3, -0.25) is 24.2 Å². The molecule has 1 fully saturated rings. The molecule has 8 heteroatoms. The lowest BCUT2D eigenvalue weighted by Crippen LogP contribution is -2.50. The molecular formula is C24H18FN3O3S. The van der Waals surface area contributed by atoms with Gasteiger partial charge >= 0.3 is 0 Å². The summed E-state index contributed by atoms with van der Waals surface area (Å²) in [7, 11) is 0. The highest BCUT2D eigenvalue weighted by molar-refractivity contribution is 8.02. The lowest BCUT2D eigenvalue weighted by atomic mass is 10.0. The van der Waals surface area contributed by atoms with E-state index in [0.717, 1.165) is 0 Å². The number of carbonyl (C=O) groups is 3. The Kier molecular flexibility index (Phi) is 4.94. The van der Waals surface area contributed by atoms with E-state index < -0.39 is 10.7 Å². The zero-order valence-corrected chi connectivity index (χ0v) is 17.6. The van der Waals surface area contributed by atoms with Gasteiger partial charge in [-0.2, -0.15) is 0 Å². The SMILES string of the molecule is O=C(CN1C(=O)[C@@]2(SCC(=O)N2c2ccc(F)cc2)c2ccccc21)Nc1ccccc1. The van der Waals surface area contributed by atoms with Gasteiger partial charge in [0.1, 0.15) is 12.4 Å². The van der Waals surface area contributed by atoms with Crippen LogP contribution in [0.1, 0.15) is 5.56 Å². The third-order valence-electron chi connectivity index (χ3n) is 5.51. The summed E-state index contributed by atoms with van der Waals surface area (Å²) in [5.41, 5.74) is 2.28. The molecule has 1 saturated heterocycles. The first-order chi connectivity index (χ1) is 15.5. The number of anilines is 3. The van der Waals surface area contributed by atoms with Gasteiger partial charge in [0.05, 0.1) is 11.4 Å². The molecule has 160 valence electrons. The predicted molar refractivity (Wildman–Crippen MR) is 122 cm³/mol. The van der Waals surface area contributed by atoms with Crippen molar-refractivity contribution in [3.8, 4) is 0 Å². The van der Waals surface area contributed by atoms with Crippen LogP contribution in [0.5, 0.6) is 0 Å². The summed E-state index contributed by atoms with van der Waals surface area (Å²) >= 11 is 1.21. The molecule has 0 saturated carbocycles. The van der Waals surface area contributed by atoms with Gasteiger partial charge in [0, 0.05) is 16.9 Å². The molecule has 0 aliphatic carbocycles. The van der Waals surface area contributed by atoms with E-state index in [2.05, 4.69) is 5.32 Å². The lowest BCUT2D eigenvalue weighted by molar-refractivity contribution is -0.124. The second-order valence-corrected chi connectivity index (χ2v) is 8.63. The topological polar surface area (TPSA) is 69.7 Å². The van der Waals surface area contributed by atoms with E-state index >= 15 is 0 Å². The monoisotopic (exact) mass is 447 g/mol. The van der Waals surface area contributed by atoms with Crippen LogP contribution in [0, 0.1) is 5.82 Å². The van der Waals surface area contributed by atoms with Crippen molar-refractivity contribution >= 4 is 46.5 Å². The van der Waals surface area contributed by atoms with Gasteiger partial charge in [-0.15, -0.1) is 11.8 Å². The average Bonchev–Trinajstić information content (AvgIpc) is 3.26. The molecule has 5 rings (SSSR count). The summed E-state index contributed by atoms with van der Waals surface area (Å²) in [5.74, 6) is -1.30. The summed E-state index contributed by atoms with van der Waals surface area (Å²) in [4.78, 5) is 41.0. The molecule has 1 spiro atoms. The van der Waals surface area contributed by atoms with Gasteiger partial charge in [0.2, 0.25) is 16.7 Å². The van der Waals surface area contributed by atoms with Gasteiger partial charge in [-0.1, -0.05) is 36.4 Å². The minimum Gasteiger partial charge on any atom is -0.325 e. The first-order valence-corrected chi connectivity index (χ1v) is 11.0. The number of para-hydroxylation sites is 2. The average molecular weight is 447 g/mol. The Labute approximate surface area is 188 Å². The Bertz CT molecular complexity index is 1220. The number of nitrogens with one attached hydrogen (secondary N) is 1. The van der Waals surface area contributed by atoms with Crippen molar-refractivity contribution in [2.45, 2.75) is 4.87 Å².